The lowest BCUT2D eigenvalue weighted by Crippen LogP contribution is -2.07. The first-order valence-corrected chi connectivity index (χ1v) is 8.22. The van der Waals surface area contributed by atoms with Crippen LogP contribution in [0.3, 0.4) is 0 Å². The van der Waals surface area contributed by atoms with Gasteiger partial charge >= 0.3 is 6.18 Å². The maximum Gasteiger partial charge on any atom is 0.416 e. The highest BCUT2D eigenvalue weighted by Gasteiger charge is 2.32. The zero-order chi connectivity index (χ0) is 18.5. The zero-order valence-electron chi connectivity index (χ0n) is 13.2. The summed E-state index contributed by atoms with van der Waals surface area (Å²) in [5, 5.41) is 7.66. The van der Waals surface area contributed by atoms with Crippen molar-refractivity contribution in [3.05, 3.63) is 64.4 Å². The molecular formula is C18H12ClF4N3. The number of hydrogen-bond donors (Lipinski definition) is 1. The normalized spacial score (nSPS) is 13.6. The lowest BCUT2D eigenvalue weighted by molar-refractivity contribution is -0.137. The van der Waals surface area contributed by atoms with E-state index in [2.05, 4.69) is 10.4 Å². The predicted molar refractivity (Wildman–Crippen MR) is 91.2 cm³/mol. The van der Waals surface area contributed by atoms with Crippen LogP contribution in [0.1, 0.15) is 11.1 Å². The monoisotopic (exact) mass is 381 g/mol. The highest BCUT2D eigenvalue weighted by molar-refractivity contribution is 6.33. The number of anilines is 1. The lowest BCUT2D eigenvalue weighted by atomic mass is 10.0. The van der Waals surface area contributed by atoms with Crippen molar-refractivity contribution in [1.82, 2.24) is 9.78 Å². The number of aromatic nitrogens is 2. The molecule has 0 radical (unpaired) electrons. The topological polar surface area (TPSA) is 29.9 Å². The minimum absolute atomic E-state index is 0.158. The number of nitrogens with zero attached hydrogens (tertiary/aromatic N) is 2. The second-order valence-corrected chi connectivity index (χ2v) is 6.32. The number of alkyl halides is 3. The van der Waals surface area contributed by atoms with Gasteiger partial charge in [0.2, 0.25) is 0 Å². The maximum absolute atomic E-state index is 14.2. The predicted octanol–water partition coefficient (Wildman–Crippen LogP) is 5.32. The zero-order valence-corrected chi connectivity index (χ0v) is 14.0. The van der Waals surface area contributed by atoms with Crippen molar-refractivity contribution in [3.8, 4) is 16.9 Å². The molecule has 1 aliphatic rings. The molecule has 1 aromatic heterocycles. The van der Waals surface area contributed by atoms with E-state index in [4.69, 9.17) is 11.6 Å². The molecule has 134 valence electrons. The summed E-state index contributed by atoms with van der Waals surface area (Å²) >= 11 is 6.16. The van der Waals surface area contributed by atoms with Gasteiger partial charge in [-0.1, -0.05) is 23.7 Å². The van der Waals surface area contributed by atoms with E-state index in [-0.39, 0.29) is 16.3 Å². The van der Waals surface area contributed by atoms with E-state index < -0.39 is 17.6 Å². The average Bonchev–Trinajstić information content (AvgIpc) is 3.18. The van der Waals surface area contributed by atoms with Crippen LogP contribution in [-0.4, -0.2) is 16.3 Å². The second-order valence-electron chi connectivity index (χ2n) is 5.91. The van der Waals surface area contributed by atoms with Gasteiger partial charge in [-0.15, -0.1) is 0 Å². The molecule has 1 N–H and O–H groups in total. The fraction of sp³-hybridized carbons (Fsp3) is 0.167. The molecule has 0 fully saturated rings. The molecular weight excluding hydrogens is 370 g/mol. The van der Waals surface area contributed by atoms with Crippen LogP contribution in [0, 0.1) is 5.82 Å². The molecule has 4 rings (SSSR count). The van der Waals surface area contributed by atoms with Crippen LogP contribution in [0.25, 0.3) is 16.9 Å². The summed E-state index contributed by atoms with van der Waals surface area (Å²) in [6, 6.07) is 9.19. The number of rotatable bonds is 2. The SMILES string of the molecule is Fc1ccccc1-n1nc(-c2cc(C(F)(F)F)ccc2Cl)c2c1NCC2. The smallest absolute Gasteiger partial charge is 0.369 e. The molecule has 0 spiro atoms. The van der Waals surface area contributed by atoms with Crippen molar-refractivity contribution >= 4 is 17.4 Å². The van der Waals surface area contributed by atoms with E-state index in [0.717, 1.165) is 17.7 Å². The first-order chi connectivity index (χ1) is 12.4. The van der Waals surface area contributed by atoms with Crippen molar-refractivity contribution in [2.75, 3.05) is 11.9 Å². The molecule has 26 heavy (non-hydrogen) atoms. The van der Waals surface area contributed by atoms with Gasteiger partial charge in [-0.25, -0.2) is 9.07 Å². The molecule has 0 saturated carbocycles. The molecule has 8 heteroatoms. The molecule has 0 aliphatic carbocycles. The van der Waals surface area contributed by atoms with Crippen LogP contribution in [-0.2, 0) is 12.6 Å². The van der Waals surface area contributed by atoms with E-state index in [1.54, 1.807) is 18.2 Å². The maximum atomic E-state index is 14.2. The summed E-state index contributed by atoms with van der Waals surface area (Å²) in [7, 11) is 0. The van der Waals surface area contributed by atoms with Crippen LogP contribution >= 0.6 is 11.6 Å². The third kappa shape index (κ3) is 2.72. The number of para-hydroxylation sites is 1. The highest BCUT2D eigenvalue weighted by Crippen LogP contribution is 2.40. The molecule has 0 amide bonds. The van der Waals surface area contributed by atoms with Gasteiger partial charge in [0.05, 0.1) is 16.3 Å². The van der Waals surface area contributed by atoms with E-state index in [1.165, 1.54) is 16.8 Å². The average molecular weight is 382 g/mol. The standard InChI is InChI=1S/C18H12ClF4N3/c19-13-6-5-10(18(21,22)23)9-12(13)16-11-7-8-24-17(11)26(25-16)15-4-2-1-3-14(15)20/h1-6,9,24H,7-8H2. The Labute approximate surface area is 151 Å². The number of halogens is 5. The Hall–Kier alpha value is -2.54. The van der Waals surface area contributed by atoms with Crippen LogP contribution in [0.2, 0.25) is 5.02 Å². The minimum atomic E-state index is -4.49. The van der Waals surface area contributed by atoms with Crippen LogP contribution in [0.5, 0.6) is 0 Å². The molecule has 0 bridgehead atoms. The molecule has 3 aromatic rings. The largest absolute Gasteiger partial charge is 0.416 e. The van der Waals surface area contributed by atoms with Crippen LogP contribution in [0.15, 0.2) is 42.5 Å². The number of benzene rings is 2. The summed E-state index contributed by atoms with van der Waals surface area (Å²) in [6.45, 7) is 0.589. The van der Waals surface area contributed by atoms with Crippen molar-refractivity contribution in [2.24, 2.45) is 0 Å². The highest BCUT2D eigenvalue weighted by atomic mass is 35.5. The first kappa shape index (κ1) is 16.9. The summed E-state index contributed by atoms with van der Waals surface area (Å²) in [5.41, 5.74) is 0.625. The van der Waals surface area contributed by atoms with Gasteiger partial charge in [0, 0.05) is 17.7 Å². The summed E-state index contributed by atoms with van der Waals surface area (Å²) < 4.78 is 54.8. The minimum Gasteiger partial charge on any atom is -0.369 e. The summed E-state index contributed by atoms with van der Waals surface area (Å²) in [5.74, 6) is 0.0896. The molecule has 2 heterocycles. The van der Waals surface area contributed by atoms with Gasteiger partial charge in [-0.05, 0) is 36.8 Å². The first-order valence-electron chi connectivity index (χ1n) is 7.84. The third-order valence-electron chi connectivity index (χ3n) is 4.28. The molecule has 0 unspecified atom stereocenters. The number of nitrogens with one attached hydrogen (secondary N) is 1. The van der Waals surface area contributed by atoms with Gasteiger partial charge in [0.15, 0.2) is 0 Å². The lowest BCUT2D eigenvalue weighted by Gasteiger charge is -2.10. The third-order valence-corrected chi connectivity index (χ3v) is 4.61. The fourth-order valence-corrected chi connectivity index (χ4v) is 3.28. The number of hydrogen-bond acceptors (Lipinski definition) is 2. The molecule has 0 saturated heterocycles. The van der Waals surface area contributed by atoms with Crippen molar-refractivity contribution in [2.45, 2.75) is 12.6 Å². The Morgan fingerprint density at radius 2 is 1.88 bits per heavy atom. The van der Waals surface area contributed by atoms with Gasteiger partial charge < -0.3 is 5.32 Å². The van der Waals surface area contributed by atoms with E-state index >= 15 is 0 Å². The molecule has 3 nitrogen and oxygen atoms in total. The second kappa shape index (κ2) is 6.02. The quantitative estimate of drug-likeness (QED) is 0.609. The van der Waals surface area contributed by atoms with Crippen LogP contribution in [0.4, 0.5) is 23.4 Å². The molecule has 1 aliphatic heterocycles. The Bertz CT molecular complexity index is 995. The summed E-state index contributed by atoms with van der Waals surface area (Å²) in [6.07, 6.45) is -3.93. The molecule has 0 atom stereocenters. The van der Waals surface area contributed by atoms with E-state index in [1.807, 2.05) is 0 Å². The van der Waals surface area contributed by atoms with Gasteiger partial charge in [-0.2, -0.15) is 18.3 Å². The van der Waals surface area contributed by atoms with Crippen molar-refractivity contribution in [1.29, 1.82) is 0 Å². The van der Waals surface area contributed by atoms with Crippen LogP contribution < -0.4 is 5.32 Å². The van der Waals surface area contributed by atoms with Gasteiger partial charge in [0.1, 0.15) is 17.3 Å². The van der Waals surface area contributed by atoms with Gasteiger partial charge in [0.25, 0.3) is 0 Å². The Kier molecular flexibility index (Phi) is 3.91. The van der Waals surface area contributed by atoms with E-state index in [0.29, 0.717) is 24.5 Å². The van der Waals surface area contributed by atoms with E-state index in [9.17, 15) is 17.6 Å². The Morgan fingerprint density at radius 3 is 2.62 bits per heavy atom. The van der Waals surface area contributed by atoms with Gasteiger partial charge in [-0.3, -0.25) is 0 Å². The fourth-order valence-electron chi connectivity index (χ4n) is 3.07. The van der Waals surface area contributed by atoms with Crippen molar-refractivity contribution < 1.29 is 17.6 Å². The summed E-state index contributed by atoms with van der Waals surface area (Å²) in [4.78, 5) is 0. The van der Waals surface area contributed by atoms with Crippen molar-refractivity contribution in [3.63, 3.8) is 0 Å². The Balaban J connectivity index is 1.93. The molecule has 2 aromatic carbocycles. The Morgan fingerprint density at radius 1 is 1.12 bits per heavy atom. The number of fused-ring (bicyclic) bond motifs is 1.